The molecule has 0 fully saturated rings. The van der Waals surface area contributed by atoms with Crippen molar-refractivity contribution < 1.29 is 9.90 Å². The van der Waals surface area contributed by atoms with Crippen molar-refractivity contribution in [3.63, 3.8) is 0 Å². The second-order valence-electron chi connectivity index (χ2n) is 6.21. The van der Waals surface area contributed by atoms with Gasteiger partial charge in [0.1, 0.15) is 0 Å². The van der Waals surface area contributed by atoms with Crippen LogP contribution in [0.2, 0.25) is 0 Å². The first-order chi connectivity index (χ1) is 8.15. The quantitative estimate of drug-likeness (QED) is 0.871. The first kappa shape index (κ1) is 13.1. The zero-order chi connectivity index (χ0) is 13.7. The smallest absolute Gasteiger partial charge is 0.237 e. The second kappa shape index (κ2) is 3.82. The third kappa shape index (κ3) is 1.93. The highest BCUT2D eigenvalue weighted by Gasteiger charge is 2.48. The van der Waals surface area contributed by atoms with Gasteiger partial charge in [0.25, 0.3) is 0 Å². The Labute approximate surface area is 108 Å². The highest BCUT2D eigenvalue weighted by atomic mass is 16.3. The number of amides is 1. The van der Waals surface area contributed by atoms with Crippen molar-refractivity contribution >= 4 is 11.6 Å². The van der Waals surface area contributed by atoms with Crippen LogP contribution in [0.1, 0.15) is 38.3 Å². The van der Waals surface area contributed by atoms with Crippen LogP contribution in [0.3, 0.4) is 0 Å². The van der Waals surface area contributed by atoms with E-state index >= 15 is 0 Å². The number of rotatable bonds is 2. The van der Waals surface area contributed by atoms with Crippen molar-refractivity contribution in [3.8, 4) is 0 Å². The molecular weight excluding hydrogens is 226 g/mol. The van der Waals surface area contributed by atoms with Crippen molar-refractivity contribution in [1.82, 2.24) is 0 Å². The van der Waals surface area contributed by atoms with Gasteiger partial charge >= 0.3 is 0 Å². The summed E-state index contributed by atoms with van der Waals surface area (Å²) >= 11 is 0. The lowest BCUT2D eigenvalue weighted by Crippen LogP contribution is -2.41. The summed E-state index contributed by atoms with van der Waals surface area (Å²) in [5.74, 6) is 0.0604. The molecule has 1 aliphatic heterocycles. The number of hydrogen-bond donors (Lipinski definition) is 1. The van der Waals surface area contributed by atoms with E-state index in [2.05, 4.69) is 6.07 Å². The van der Waals surface area contributed by atoms with E-state index in [-0.39, 0.29) is 5.91 Å². The number of likely N-dealkylation sites (N-methyl/N-ethyl adjacent to an activating group) is 1. The Morgan fingerprint density at radius 1 is 1.39 bits per heavy atom. The Bertz CT molecular complexity index is 502. The fourth-order valence-corrected chi connectivity index (χ4v) is 3.02. The van der Waals surface area contributed by atoms with Crippen LogP contribution in [-0.4, -0.2) is 23.7 Å². The molecule has 1 aliphatic rings. The van der Waals surface area contributed by atoms with E-state index in [1.165, 1.54) is 0 Å². The molecule has 0 spiro atoms. The van der Waals surface area contributed by atoms with Crippen molar-refractivity contribution in [2.75, 3.05) is 11.9 Å². The topological polar surface area (TPSA) is 40.5 Å². The van der Waals surface area contributed by atoms with Gasteiger partial charge < -0.3 is 10.0 Å². The van der Waals surface area contributed by atoms with Crippen molar-refractivity contribution in [3.05, 3.63) is 29.3 Å². The summed E-state index contributed by atoms with van der Waals surface area (Å²) < 4.78 is 0. The summed E-state index contributed by atoms with van der Waals surface area (Å²) in [7, 11) is 1.80. The number of benzene rings is 1. The Morgan fingerprint density at radius 2 is 2.00 bits per heavy atom. The average Bonchev–Trinajstić information content (AvgIpc) is 2.39. The molecule has 0 radical (unpaired) electrons. The van der Waals surface area contributed by atoms with E-state index in [0.717, 1.165) is 16.8 Å². The van der Waals surface area contributed by atoms with Gasteiger partial charge in [-0.2, -0.15) is 0 Å². The van der Waals surface area contributed by atoms with Crippen LogP contribution in [0.25, 0.3) is 0 Å². The van der Waals surface area contributed by atoms with E-state index < -0.39 is 11.0 Å². The Kier molecular flexibility index (Phi) is 2.78. The molecule has 0 aromatic heterocycles. The van der Waals surface area contributed by atoms with Crippen molar-refractivity contribution in [2.24, 2.45) is 0 Å². The fourth-order valence-electron chi connectivity index (χ4n) is 3.02. The van der Waals surface area contributed by atoms with E-state index in [4.69, 9.17) is 0 Å². The van der Waals surface area contributed by atoms with E-state index in [1.807, 2.05) is 26.0 Å². The number of anilines is 1. The number of fused-ring (bicyclic) bond motifs is 1. The molecule has 1 N–H and O–H groups in total. The normalized spacial score (nSPS) is 23.4. The lowest BCUT2D eigenvalue weighted by molar-refractivity contribution is -0.124. The minimum Gasteiger partial charge on any atom is -0.390 e. The molecule has 0 aliphatic carbocycles. The molecule has 98 valence electrons. The van der Waals surface area contributed by atoms with E-state index in [1.54, 1.807) is 25.8 Å². The molecule has 2 rings (SSSR count). The summed E-state index contributed by atoms with van der Waals surface area (Å²) in [5, 5.41) is 10.1. The van der Waals surface area contributed by atoms with Crippen LogP contribution in [-0.2, 0) is 10.2 Å². The summed E-state index contributed by atoms with van der Waals surface area (Å²) in [5.41, 5.74) is 1.62. The average molecular weight is 247 g/mol. The number of carbonyl (C=O) groups is 1. The van der Waals surface area contributed by atoms with Gasteiger partial charge in [0.2, 0.25) is 5.91 Å². The van der Waals surface area contributed by atoms with Gasteiger partial charge in [-0.1, -0.05) is 17.7 Å². The molecule has 1 aromatic rings. The van der Waals surface area contributed by atoms with Crippen molar-refractivity contribution in [2.45, 2.75) is 45.1 Å². The van der Waals surface area contributed by atoms with Crippen LogP contribution >= 0.6 is 0 Å². The maximum Gasteiger partial charge on any atom is 0.237 e. The van der Waals surface area contributed by atoms with E-state index in [0.29, 0.717) is 6.42 Å². The molecule has 1 aromatic carbocycles. The molecule has 0 saturated heterocycles. The van der Waals surface area contributed by atoms with Gasteiger partial charge in [-0.15, -0.1) is 0 Å². The highest BCUT2D eigenvalue weighted by molar-refractivity contribution is 6.07. The van der Waals surface area contributed by atoms with Crippen LogP contribution in [0, 0.1) is 6.92 Å². The van der Waals surface area contributed by atoms with Gasteiger partial charge in [-0.25, -0.2) is 0 Å². The number of aryl methyl sites for hydroxylation is 1. The standard InChI is InChI=1S/C15H21NO2/c1-10-6-7-12-11(8-10)15(4,9-14(2,3)18)13(17)16(12)5/h6-8,18H,9H2,1-5H3. The molecule has 0 bridgehead atoms. The molecule has 18 heavy (non-hydrogen) atoms. The third-order valence-electron chi connectivity index (χ3n) is 3.67. The zero-order valence-corrected chi connectivity index (χ0v) is 11.7. The van der Waals surface area contributed by atoms with Crippen molar-refractivity contribution in [1.29, 1.82) is 0 Å². The predicted molar refractivity (Wildman–Crippen MR) is 72.9 cm³/mol. The third-order valence-corrected chi connectivity index (χ3v) is 3.67. The SMILES string of the molecule is Cc1ccc2c(c1)C(C)(CC(C)(C)O)C(=O)N2C. The van der Waals surface area contributed by atoms with Crippen LogP contribution in [0.15, 0.2) is 18.2 Å². The number of carbonyl (C=O) groups excluding carboxylic acids is 1. The molecule has 3 nitrogen and oxygen atoms in total. The monoisotopic (exact) mass is 247 g/mol. The Balaban J connectivity index is 2.57. The largest absolute Gasteiger partial charge is 0.390 e. The summed E-state index contributed by atoms with van der Waals surface area (Å²) in [6.07, 6.45) is 0.430. The number of aliphatic hydroxyl groups is 1. The zero-order valence-electron chi connectivity index (χ0n) is 11.7. The Morgan fingerprint density at radius 3 is 2.56 bits per heavy atom. The first-order valence-corrected chi connectivity index (χ1v) is 6.27. The van der Waals surface area contributed by atoms with Gasteiger partial charge in [0.15, 0.2) is 0 Å². The summed E-state index contributed by atoms with van der Waals surface area (Å²) in [6.45, 7) is 7.45. The summed E-state index contributed by atoms with van der Waals surface area (Å²) in [6, 6.07) is 6.05. The highest BCUT2D eigenvalue weighted by Crippen LogP contribution is 2.45. The van der Waals surface area contributed by atoms with Gasteiger partial charge in [0.05, 0.1) is 11.0 Å². The van der Waals surface area contributed by atoms with Gasteiger partial charge in [-0.05, 0) is 45.7 Å². The molecule has 1 amide bonds. The molecule has 1 heterocycles. The summed E-state index contributed by atoms with van der Waals surface area (Å²) in [4.78, 5) is 14.2. The van der Waals surface area contributed by atoms with Crippen LogP contribution in [0.5, 0.6) is 0 Å². The number of nitrogens with zero attached hydrogens (tertiary/aromatic N) is 1. The minimum atomic E-state index is -0.864. The minimum absolute atomic E-state index is 0.0604. The van der Waals surface area contributed by atoms with Gasteiger partial charge in [0, 0.05) is 12.7 Å². The Hall–Kier alpha value is -1.35. The molecular formula is C15H21NO2. The predicted octanol–water partition coefficient (Wildman–Crippen LogP) is 2.39. The maximum atomic E-state index is 12.5. The van der Waals surface area contributed by atoms with Crippen LogP contribution < -0.4 is 4.90 Å². The lowest BCUT2D eigenvalue weighted by atomic mass is 9.75. The molecule has 1 atom stereocenters. The molecule has 3 heteroatoms. The van der Waals surface area contributed by atoms with Crippen LogP contribution in [0.4, 0.5) is 5.69 Å². The second-order valence-corrected chi connectivity index (χ2v) is 6.21. The molecule has 0 saturated carbocycles. The molecule has 1 unspecified atom stereocenters. The number of hydrogen-bond acceptors (Lipinski definition) is 2. The van der Waals surface area contributed by atoms with E-state index in [9.17, 15) is 9.90 Å². The first-order valence-electron chi connectivity index (χ1n) is 6.27. The maximum absolute atomic E-state index is 12.5. The van der Waals surface area contributed by atoms with Gasteiger partial charge in [-0.3, -0.25) is 4.79 Å². The fraction of sp³-hybridized carbons (Fsp3) is 0.533. The lowest BCUT2D eigenvalue weighted by Gasteiger charge is -2.30.